The van der Waals surface area contributed by atoms with Crippen LogP contribution in [0.2, 0.25) is 0 Å². The molecule has 0 atom stereocenters. The van der Waals surface area contributed by atoms with Crippen LogP contribution in [0.5, 0.6) is 5.75 Å². The first-order valence-electron chi connectivity index (χ1n) is 4.26. The Morgan fingerprint density at radius 2 is 2.20 bits per heavy atom. The zero-order valence-corrected chi connectivity index (χ0v) is 9.49. The average Bonchev–Trinajstić information content (AvgIpc) is 2.21. The first-order chi connectivity index (χ1) is 7.24. The Labute approximate surface area is 95.6 Å². The fourth-order valence-electron chi connectivity index (χ4n) is 0.923. The van der Waals surface area contributed by atoms with Crippen molar-refractivity contribution in [3.8, 4) is 5.75 Å². The number of para-hydroxylation sites is 1. The Hall–Kier alpha value is -1.11. The molecule has 0 aromatic heterocycles. The van der Waals surface area contributed by atoms with E-state index in [1.165, 1.54) is 0 Å². The second-order valence-corrected chi connectivity index (χ2v) is 3.48. The summed E-state index contributed by atoms with van der Waals surface area (Å²) in [5.41, 5.74) is 1.81. The first-order valence-corrected chi connectivity index (χ1v) is 5.06. The largest absolute Gasteiger partial charge is 0.492 e. The average molecular weight is 275 g/mol. The third-order valence-corrected chi connectivity index (χ3v) is 2.23. The SMILES string of the molecule is NNOC(=O)CCOc1ccccc1Br. The van der Waals surface area contributed by atoms with Crippen molar-refractivity contribution in [2.75, 3.05) is 6.61 Å². The van der Waals surface area contributed by atoms with Gasteiger partial charge in [-0.2, -0.15) is 0 Å². The molecule has 0 amide bonds. The number of hydrogen-bond donors (Lipinski definition) is 2. The van der Waals surface area contributed by atoms with Crippen LogP contribution < -0.4 is 16.2 Å². The van der Waals surface area contributed by atoms with Crippen molar-refractivity contribution >= 4 is 21.9 Å². The van der Waals surface area contributed by atoms with Crippen molar-refractivity contribution in [1.29, 1.82) is 0 Å². The molecule has 5 nitrogen and oxygen atoms in total. The number of carbonyl (C=O) groups excluding carboxylic acids is 1. The highest BCUT2D eigenvalue weighted by Crippen LogP contribution is 2.23. The van der Waals surface area contributed by atoms with Crippen molar-refractivity contribution < 1.29 is 14.4 Å². The van der Waals surface area contributed by atoms with Gasteiger partial charge in [-0.05, 0) is 28.1 Å². The molecule has 6 heteroatoms. The lowest BCUT2D eigenvalue weighted by atomic mass is 10.3. The molecule has 0 aliphatic carbocycles. The lowest BCUT2D eigenvalue weighted by Gasteiger charge is -2.06. The molecule has 0 unspecified atom stereocenters. The van der Waals surface area contributed by atoms with E-state index >= 15 is 0 Å². The van der Waals surface area contributed by atoms with Gasteiger partial charge in [-0.25, -0.2) is 5.84 Å². The van der Waals surface area contributed by atoms with Gasteiger partial charge in [0.2, 0.25) is 0 Å². The molecule has 1 rings (SSSR count). The molecule has 1 aromatic carbocycles. The van der Waals surface area contributed by atoms with Gasteiger partial charge >= 0.3 is 5.97 Å². The summed E-state index contributed by atoms with van der Waals surface area (Å²) in [7, 11) is 0. The predicted octanol–water partition coefficient (Wildman–Crippen LogP) is 1.14. The van der Waals surface area contributed by atoms with E-state index in [1.54, 1.807) is 6.07 Å². The van der Waals surface area contributed by atoms with Crippen LogP contribution >= 0.6 is 15.9 Å². The normalized spacial score (nSPS) is 9.73. The van der Waals surface area contributed by atoms with E-state index in [4.69, 9.17) is 10.6 Å². The number of hydrazine groups is 1. The summed E-state index contributed by atoms with van der Waals surface area (Å²) in [5, 5.41) is 0. The van der Waals surface area contributed by atoms with E-state index in [1.807, 2.05) is 23.8 Å². The van der Waals surface area contributed by atoms with Gasteiger partial charge in [0, 0.05) is 0 Å². The molecule has 0 spiro atoms. The first kappa shape index (κ1) is 12.0. The Morgan fingerprint density at radius 1 is 1.47 bits per heavy atom. The number of ether oxygens (including phenoxy) is 1. The van der Waals surface area contributed by atoms with Crippen LogP contribution in [0.3, 0.4) is 0 Å². The molecule has 0 saturated heterocycles. The lowest BCUT2D eigenvalue weighted by molar-refractivity contribution is -0.151. The molecular formula is C9H11BrN2O3. The summed E-state index contributed by atoms with van der Waals surface area (Å²) >= 11 is 3.32. The number of halogens is 1. The second-order valence-electron chi connectivity index (χ2n) is 2.62. The summed E-state index contributed by atoms with van der Waals surface area (Å²) in [6.45, 7) is 0.239. The van der Waals surface area contributed by atoms with Crippen molar-refractivity contribution in [3.05, 3.63) is 28.7 Å². The molecule has 3 N–H and O–H groups in total. The third-order valence-electron chi connectivity index (χ3n) is 1.57. The van der Waals surface area contributed by atoms with E-state index in [2.05, 4.69) is 20.8 Å². The molecule has 1 aromatic rings. The fourth-order valence-corrected chi connectivity index (χ4v) is 1.32. The number of carbonyl (C=O) groups is 1. The predicted molar refractivity (Wildman–Crippen MR) is 57.7 cm³/mol. The van der Waals surface area contributed by atoms with E-state index in [0.717, 1.165) is 4.47 Å². The molecule has 0 radical (unpaired) electrons. The quantitative estimate of drug-likeness (QED) is 0.622. The minimum absolute atomic E-state index is 0.130. The topological polar surface area (TPSA) is 73.6 Å². The van der Waals surface area contributed by atoms with Crippen molar-refractivity contribution in [3.63, 3.8) is 0 Å². The number of nitrogens with one attached hydrogen (secondary N) is 1. The monoisotopic (exact) mass is 274 g/mol. The maximum Gasteiger partial charge on any atom is 0.329 e. The summed E-state index contributed by atoms with van der Waals surface area (Å²) in [6.07, 6.45) is 0.130. The van der Waals surface area contributed by atoms with Crippen LogP contribution in [0, 0.1) is 0 Å². The van der Waals surface area contributed by atoms with Crippen LogP contribution in [0.4, 0.5) is 0 Å². The minimum Gasteiger partial charge on any atom is -0.492 e. The third kappa shape index (κ3) is 4.28. The molecule has 0 heterocycles. The van der Waals surface area contributed by atoms with Gasteiger partial charge in [0.25, 0.3) is 0 Å². The van der Waals surface area contributed by atoms with E-state index in [-0.39, 0.29) is 13.0 Å². The zero-order chi connectivity index (χ0) is 11.1. The van der Waals surface area contributed by atoms with E-state index in [0.29, 0.717) is 5.75 Å². The van der Waals surface area contributed by atoms with Gasteiger partial charge in [-0.1, -0.05) is 17.7 Å². The molecule has 0 bridgehead atoms. The second kappa shape index (κ2) is 6.39. The van der Waals surface area contributed by atoms with E-state index < -0.39 is 5.97 Å². The molecular weight excluding hydrogens is 264 g/mol. The van der Waals surface area contributed by atoms with Crippen molar-refractivity contribution in [1.82, 2.24) is 5.59 Å². The molecule has 0 aliphatic rings. The number of nitrogens with two attached hydrogens (primary N) is 1. The van der Waals surface area contributed by atoms with Gasteiger partial charge in [-0.3, -0.25) is 4.79 Å². The molecule has 82 valence electrons. The smallest absolute Gasteiger partial charge is 0.329 e. The van der Waals surface area contributed by atoms with Crippen LogP contribution in [0.15, 0.2) is 28.7 Å². The highest BCUT2D eigenvalue weighted by atomic mass is 79.9. The lowest BCUT2D eigenvalue weighted by Crippen LogP contribution is -2.26. The van der Waals surface area contributed by atoms with E-state index in [9.17, 15) is 4.79 Å². The standard InChI is InChI=1S/C9H11BrN2O3/c10-7-3-1-2-4-8(7)14-6-5-9(13)15-12-11/h1-4,12H,5-6,11H2. The van der Waals surface area contributed by atoms with Gasteiger partial charge in [0.05, 0.1) is 17.5 Å². The molecule has 0 fully saturated rings. The Bertz CT molecular complexity index is 333. The molecule has 0 aliphatic heterocycles. The van der Waals surface area contributed by atoms with Crippen LogP contribution in [0.1, 0.15) is 6.42 Å². The summed E-state index contributed by atoms with van der Waals surface area (Å²) < 4.78 is 6.18. The Kier molecular flexibility index (Phi) is 5.09. The Morgan fingerprint density at radius 3 is 2.87 bits per heavy atom. The number of rotatable bonds is 5. The zero-order valence-electron chi connectivity index (χ0n) is 7.90. The highest BCUT2D eigenvalue weighted by Gasteiger charge is 2.04. The number of hydrogen-bond acceptors (Lipinski definition) is 5. The maximum atomic E-state index is 10.9. The van der Waals surface area contributed by atoms with Crippen LogP contribution in [0.25, 0.3) is 0 Å². The van der Waals surface area contributed by atoms with Gasteiger partial charge in [0.15, 0.2) is 0 Å². The van der Waals surface area contributed by atoms with Crippen LogP contribution in [-0.2, 0) is 9.63 Å². The highest BCUT2D eigenvalue weighted by molar-refractivity contribution is 9.10. The fraction of sp³-hybridized carbons (Fsp3) is 0.222. The number of benzene rings is 1. The minimum atomic E-state index is -0.468. The van der Waals surface area contributed by atoms with Gasteiger partial charge in [-0.15, -0.1) is 0 Å². The van der Waals surface area contributed by atoms with Crippen LogP contribution in [-0.4, -0.2) is 12.6 Å². The van der Waals surface area contributed by atoms with Crippen molar-refractivity contribution in [2.24, 2.45) is 5.84 Å². The maximum absolute atomic E-state index is 10.9. The Balaban J connectivity index is 2.32. The summed E-state index contributed by atoms with van der Waals surface area (Å²) in [4.78, 5) is 15.2. The van der Waals surface area contributed by atoms with Gasteiger partial charge < -0.3 is 9.57 Å². The van der Waals surface area contributed by atoms with Gasteiger partial charge in [0.1, 0.15) is 5.75 Å². The molecule has 15 heavy (non-hydrogen) atoms. The van der Waals surface area contributed by atoms with Crippen molar-refractivity contribution in [2.45, 2.75) is 6.42 Å². The summed E-state index contributed by atoms with van der Waals surface area (Å²) in [5.74, 6) is 5.01. The summed E-state index contributed by atoms with van der Waals surface area (Å²) in [6, 6.07) is 7.38. The molecule has 0 saturated carbocycles.